The van der Waals surface area contributed by atoms with Crippen molar-refractivity contribution in [2.45, 2.75) is 19.0 Å². The molecule has 0 bridgehead atoms. The van der Waals surface area contributed by atoms with Crippen LogP contribution in [0.15, 0.2) is 54.4 Å². The van der Waals surface area contributed by atoms with Crippen LogP contribution in [0.5, 0.6) is 11.5 Å². The number of carbonyl (C=O) groups is 1. The van der Waals surface area contributed by atoms with Crippen molar-refractivity contribution in [2.75, 3.05) is 24.3 Å². The molecule has 0 atom stereocenters. The van der Waals surface area contributed by atoms with E-state index in [0.717, 1.165) is 18.6 Å². The van der Waals surface area contributed by atoms with Crippen molar-refractivity contribution >= 4 is 41.0 Å². The third-order valence-corrected chi connectivity index (χ3v) is 5.44. The van der Waals surface area contributed by atoms with E-state index in [1.807, 2.05) is 0 Å². The first-order valence-corrected chi connectivity index (χ1v) is 10.9. The predicted molar refractivity (Wildman–Crippen MR) is 126 cm³/mol. The molecule has 2 aromatic carbocycles. The van der Waals surface area contributed by atoms with Crippen molar-refractivity contribution in [3.8, 4) is 11.5 Å². The van der Waals surface area contributed by atoms with Crippen molar-refractivity contribution in [1.29, 1.82) is 0 Å². The Morgan fingerprint density at radius 1 is 1.17 bits per heavy atom. The third-order valence-electron chi connectivity index (χ3n) is 5.15. The van der Waals surface area contributed by atoms with Gasteiger partial charge in [0.05, 0.1) is 23.3 Å². The van der Waals surface area contributed by atoms with Crippen LogP contribution >= 0.6 is 11.6 Å². The highest BCUT2D eigenvalue weighted by Gasteiger charge is 2.30. The van der Waals surface area contributed by atoms with E-state index in [1.165, 1.54) is 31.6 Å². The van der Waals surface area contributed by atoms with Gasteiger partial charge in [0.1, 0.15) is 29.5 Å². The molecule has 0 unspecified atom stereocenters. The van der Waals surface area contributed by atoms with Crippen LogP contribution in [-0.2, 0) is 15.7 Å². The maximum atomic E-state index is 13.0. The first-order valence-electron chi connectivity index (χ1n) is 10.5. The van der Waals surface area contributed by atoms with Gasteiger partial charge in [-0.15, -0.1) is 0 Å². The average Bonchev–Trinajstić information content (AvgIpc) is 2.81. The molecule has 0 radical (unpaired) electrons. The summed E-state index contributed by atoms with van der Waals surface area (Å²) in [4.78, 5) is 20.7. The summed E-state index contributed by atoms with van der Waals surface area (Å²) in [7, 11) is 1.33. The summed E-state index contributed by atoms with van der Waals surface area (Å²) >= 11 is 6.34. The molecule has 0 amide bonds. The van der Waals surface area contributed by atoms with E-state index in [0.29, 0.717) is 41.4 Å². The SMILES string of the molecule is COC(=O)/C1=C/c2c(ncnc2Nc2ccc(Oc3cccc(C(F)(F)F)c3)c(Cl)c2)NCCC1. The third kappa shape index (κ3) is 5.83. The Hall–Kier alpha value is -3.79. The number of hydrogen-bond acceptors (Lipinski definition) is 7. The van der Waals surface area contributed by atoms with Gasteiger partial charge in [-0.2, -0.15) is 13.2 Å². The number of carbonyl (C=O) groups excluding carboxylic acids is 1. The molecule has 0 aliphatic carbocycles. The number of rotatable bonds is 5. The fraction of sp³-hybridized carbons (Fsp3) is 0.208. The second-order valence-electron chi connectivity index (χ2n) is 7.57. The minimum atomic E-state index is -4.48. The van der Waals surface area contributed by atoms with Gasteiger partial charge in [-0.1, -0.05) is 17.7 Å². The molecular weight excluding hydrogens is 485 g/mol. The zero-order chi connectivity index (χ0) is 25.0. The summed E-state index contributed by atoms with van der Waals surface area (Å²) in [6.07, 6.45) is -0.157. The van der Waals surface area contributed by atoms with Crippen LogP contribution in [0.4, 0.5) is 30.5 Å². The molecule has 35 heavy (non-hydrogen) atoms. The highest BCUT2D eigenvalue weighted by atomic mass is 35.5. The fourth-order valence-corrected chi connectivity index (χ4v) is 3.68. The Morgan fingerprint density at radius 3 is 2.74 bits per heavy atom. The second-order valence-corrected chi connectivity index (χ2v) is 7.98. The number of aromatic nitrogens is 2. The van der Waals surface area contributed by atoms with Gasteiger partial charge in [0, 0.05) is 17.8 Å². The lowest BCUT2D eigenvalue weighted by Crippen LogP contribution is -2.13. The Balaban J connectivity index is 1.59. The zero-order valence-corrected chi connectivity index (χ0v) is 19.2. The van der Waals surface area contributed by atoms with Crippen LogP contribution in [0.3, 0.4) is 0 Å². The first kappa shape index (κ1) is 24.3. The molecule has 2 heterocycles. The quantitative estimate of drug-likeness (QED) is 0.386. The molecule has 0 fully saturated rings. The molecule has 11 heteroatoms. The molecule has 182 valence electrons. The number of methoxy groups -OCH3 is 1. The Morgan fingerprint density at radius 2 is 2.00 bits per heavy atom. The van der Waals surface area contributed by atoms with Crippen molar-refractivity contribution in [1.82, 2.24) is 9.97 Å². The molecular formula is C24H20ClF3N4O3. The topological polar surface area (TPSA) is 85.4 Å². The summed E-state index contributed by atoms with van der Waals surface area (Å²) in [6.45, 7) is 0.616. The van der Waals surface area contributed by atoms with E-state index in [2.05, 4.69) is 20.6 Å². The van der Waals surface area contributed by atoms with Gasteiger partial charge < -0.3 is 20.1 Å². The lowest BCUT2D eigenvalue weighted by molar-refractivity contribution is -0.138. The summed E-state index contributed by atoms with van der Waals surface area (Å²) in [5.41, 5.74) is 0.795. The molecule has 0 saturated heterocycles. The number of fused-ring (bicyclic) bond motifs is 1. The van der Waals surface area contributed by atoms with Crippen LogP contribution in [0.2, 0.25) is 5.02 Å². The number of benzene rings is 2. The van der Waals surface area contributed by atoms with E-state index in [1.54, 1.807) is 18.2 Å². The van der Waals surface area contributed by atoms with Crippen molar-refractivity contribution in [2.24, 2.45) is 0 Å². The van der Waals surface area contributed by atoms with Crippen molar-refractivity contribution in [3.63, 3.8) is 0 Å². The number of hydrogen-bond donors (Lipinski definition) is 2. The van der Waals surface area contributed by atoms with Gasteiger partial charge in [-0.25, -0.2) is 14.8 Å². The maximum Gasteiger partial charge on any atom is 0.416 e. The van der Waals surface area contributed by atoms with E-state index in [9.17, 15) is 18.0 Å². The molecule has 1 aliphatic heterocycles. The molecule has 3 aromatic rings. The lowest BCUT2D eigenvalue weighted by atomic mass is 10.0. The smallest absolute Gasteiger partial charge is 0.416 e. The highest BCUT2D eigenvalue weighted by Crippen LogP contribution is 2.36. The highest BCUT2D eigenvalue weighted by molar-refractivity contribution is 6.32. The Bertz CT molecular complexity index is 1280. The number of nitrogens with one attached hydrogen (secondary N) is 2. The van der Waals surface area contributed by atoms with Crippen LogP contribution < -0.4 is 15.4 Å². The van der Waals surface area contributed by atoms with E-state index >= 15 is 0 Å². The predicted octanol–water partition coefficient (Wildman–Crippen LogP) is 6.45. The average molecular weight is 505 g/mol. The molecule has 7 nitrogen and oxygen atoms in total. The summed E-state index contributed by atoms with van der Waals surface area (Å²) in [5, 5.41) is 6.53. The van der Waals surface area contributed by atoms with Crippen LogP contribution in [-0.4, -0.2) is 29.6 Å². The summed E-state index contributed by atoms with van der Waals surface area (Å²) in [6, 6.07) is 9.26. The normalized spacial score (nSPS) is 14.9. The van der Waals surface area contributed by atoms with Crippen LogP contribution in [0.25, 0.3) is 6.08 Å². The number of ether oxygens (including phenoxy) is 2. The standard InChI is InChI=1S/C24H20ClF3N4O3/c1-34-23(33)14-4-3-9-29-21-18(10-14)22(31-13-30-21)32-16-7-8-20(19(25)12-16)35-17-6-2-5-15(11-17)24(26,27)28/h2,5-8,10-13H,3-4,9H2,1H3,(H2,29,30,31,32)/b14-10+. The first-order chi connectivity index (χ1) is 16.7. The number of nitrogens with zero attached hydrogens (tertiary/aromatic N) is 2. The largest absolute Gasteiger partial charge is 0.466 e. The van der Waals surface area contributed by atoms with Gasteiger partial charge in [0.15, 0.2) is 0 Å². The van der Waals surface area contributed by atoms with Crippen LogP contribution in [0, 0.1) is 0 Å². The van der Waals surface area contributed by atoms with Crippen LogP contribution in [0.1, 0.15) is 24.0 Å². The van der Waals surface area contributed by atoms with E-state index in [-0.39, 0.29) is 16.5 Å². The molecule has 1 aliphatic rings. The minimum Gasteiger partial charge on any atom is -0.466 e. The number of halogens is 4. The van der Waals surface area contributed by atoms with Gasteiger partial charge in [-0.05, 0) is 55.3 Å². The summed E-state index contributed by atoms with van der Waals surface area (Å²) < 4.78 is 49.4. The Kier molecular flexibility index (Phi) is 7.11. The molecule has 1 aromatic heterocycles. The number of esters is 1. The number of alkyl halides is 3. The fourth-order valence-electron chi connectivity index (χ4n) is 3.46. The van der Waals surface area contributed by atoms with Gasteiger partial charge in [0.25, 0.3) is 0 Å². The van der Waals surface area contributed by atoms with Crippen molar-refractivity contribution < 1.29 is 27.4 Å². The summed E-state index contributed by atoms with van der Waals surface area (Å²) in [5.74, 6) is 0.745. The zero-order valence-electron chi connectivity index (χ0n) is 18.4. The second kappa shape index (κ2) is 10.2. The van der Waals surface area contributed by atoms with E-state index < -0.39 is 17.7 Å². The van der Waals surface area contributed by atoms with Gasteiger partial charge >= 0.3 is 12.1 Å². The number of anilines is 3. The minimum absolute atomic E-state index is 0.00571. The van der Waals surface area contributed by atoms with Gasteiger partial charge in [-0.3, -0.25) is 0 Å². The molecule has 4 rings (SSSR count). The van der Waals surface area contributed by atoms with E-state index in [4.69, 9.17) is 21.1 Å². The maximum absolute atomic E-state index is 13.0. The Labute approximate surface area is 203 Å². The lowest BCUT2D eigenvalue weighted by Gasteiger charge is -2.17. The monoisotopic (exact) mass is 504 g/mol. The van der Waals surface area contributed by atoms with Gasteiger partial charge in [0.2, 0.25) is 0 Å². The molecule has 2 N–H and O–H groups in total. The molecule has 0 saturated carbocycles. The molecule has 0 spiro atoms. The van der Waals surface area contributed by atoms with Crippen molar-refractivity contribution in [3.05, 3.63) is 70.5 Å².